The molecule has 2 aromatic heterocycles. The van der Waals surface area contributed by atoms with Crippen LogP contribution in [0.3, 0.4) is 0 Å². The number of carbonyl (C=O) groups excluding carboxylic acids is 1. The van der Waals surface area contributed by atoms with E-state index in [4.69, 9.17) is 9.47 Å². The van der Waals surface area contributed by atoms with Crippen molar-refractivity contribution in [3.63, 3.8) is 0 Å². The minimum Gasteiger partial charge on any atom is -0.496 e. The molecule has 1 aliphatic rings. The van der Waals surface area contributed by atoms with E-state index in [1.165, 1.54) is 29.8 Å². The van der Waals surface area contributed by atoms with E-state index < -0.39 is 12.0 Å². The molecule has 0 fully saturated rings. The lowest BCUT2D eigenvalue weighted by Gasteiger charge is -2.22. The Bertz CT molecular complexity index is 1280. The highest BCUT2D eigenvalue weighted by atomic mass is 32.1. The Morgan fingerprint density at radius 1 is 1.21 bits per heavy atom. The Hall–Kier alpha value is -2.97. The van der Waals surface area contributed by atoms with Crippen LogP contribution in [0.1, 0.15) is 23.4 Å². The number of benzene rings is 1. The number of hydrogen-bond donors (Lipinski definition) is 0. The van der Waals surface area contributed by atoms with E-state index in [0.29, 0.717) is 26.4 Å². The molecule has 0 aliphatic carbocycles. The predicted octanol–water partition coefficient (Wildman–Crippen LogP) is 2.48. The molecule has 148 valence electrons. The van der Waals surface area contributed by atoms with Gasteiger partial charge in [-0.15, -0.1) is 11.3 Å². The second kappa shape index (κ2) is 7.81. The van der Waals surface area contributed by atoms with Gasteiger partial charge < -0.3 is 9.47 Å². The zero-order valence-corrected chi connectivity index (χ0v) is 17.7. The van der Waals surface area contributed by atoms with Gasteiger partial charge in [0.1, 0.15) is 11.8 Å². The lowest BCUT2D eigenvalue weighted by atomic mass is 10.0. The standard InChI is InChI=1S/C21H18N2O4S2/c1-12-17(20(25)27-3)18(15-9-6-10-28-15)23-19(24)16(29-21(23)22-12)11-13-7-4-5-8-14(13)26-2/h4-11,18H,1-3H3/b16-11+. The number of thiazole rings is 1. The summed E-state index contributed by atoms with van der Waals surface area (Å²) in [6, 6.07) is 10.7. The number of fused-ring (bicyclic) bond motifs is 1. The molecule has 0 radical (unpaired) electrons. The van der Waals surface area contributed by atoms with Crippen LogP contribution in [-0.4, -0.2) is 24.8 Å². The molecule has 3 heterocycles. The monoisotopic (exact) mass is 426 g/mol. The fourth-order valence-corrected chi connectivity index (χ4v) is 5.20. The number of carbonyl (C=O) groups is 1. The molecular weight excluding hydrogens is 408 g/mol. The van der Waals surface area contributed by atoms with Crippen LogP contribution in [0.15, 0.2) is 62.8 Å². The number of para-hydroxylation sites is 1. The van der Waals surface area contributed by atoms with Gasteiger partial charge in [-0.3, -0.25) is 9.36 Å². The van der Waals surface area contributed by atoms with Gasteiger partial charge in [-0.05, 0) is 30.5 Å². The third-order valence-corrected chi connectivity index (χ3v) is 6.57. The van der Waals surface area contributed by atoms with Crippen LogP contribution in [0.4, 0.5) is 0 Å². The zero-order chi connectivity index (χ0) is 20.5. The van der Waals surface area contributed by atoms with Crippen LogP contribution >= 0.6 is 22.7 Å². The Kier molecular flexibility index (Phi) is 5.21. The Balaban J connectivity index is 1.98. The third-order valence-electron chi connectivity index (χ3n) is 4.67. The summed E-state index contributed by atoms with van der Waals surface area (Å²) in [6.45, 7) is 1.77. The first kappa shape index (κ1) is 19.4. The van der Waals surface area contributed by atoms with Crippen LogP contribution in [0.25, 0.3) is 6.08 Å². The lowest BCUT2D eigenvalue weighted by Crippen LogP contribution is -2.39. The van der Waals surface area contributed by atoms with Crippen LogP contribution in [0.2, 0.25) is 0 Å². The van der Waals surface area contributed by atoms with Gasteiger partial charge in [0.05, 0.1) is 30.0 Å². The van der Waals surface area contributed by atoms with Crippen molar-refractivity contribution in [3.05, 3.63) is 83.2 Å². The summed E-state index contributed by atoms with van der Waals surface area (Å²) in [7, 11) is 2.93. The lowest BCUT2D eigenvalue weighted by molar-refractivity contribution is -0.136. The summed E-state index contributed by atoms with van der Waals surface area (Å²) in [5, 5.41) is 1.92. The molecule has 4 rings (SSSR count). The number of esters is 1. The first-order valence-electron chi connectivity index (χ1n) is 8.82. The number of thiophene rings is 1. The van der Waals surface area contributed by atoms with Crippen LogP contribution in [0, 0.1) is 0 Å². The molecule has 1 unspecified atom stereocenters. The largest absolute Gasteiger partial charge is 0.496 e. The number of allylic oxidation sites excluding steroid dienone is 1. The zero-order valence-electron chi connectivity index (χ0n) is 16.0. The van der Waals surface area contributed by atoms with Gasteiger partial charge in [0.2, 0.25) is 0 Å². The molecule has 1 aromatic carbocycles. The molecule has 0 bridgehead atoms. The van der Waals surface area contributed by atoms with Gasteiger partial charge in [-0.2, -0.15) is 0 Å². The Labute approximate surface area is 174 Å². The molecule has 29 heavy (non-hydrogen) atoms. The van der Waals surface area contributed by atoms with Crippen LogP contribution < -0.4 is 19.6 Å². The fourth-order valence-electron chi connectivity index (χ4n) is 3.34. The highest BCUT2D eigenvalue weighted by Gasteiger charge is 2.33. The van der Waals surface area contributed by atoms with Gasteiger partial charge in [-0.25, -0.2) is 9.79 Å². The van der Waals surface area contributed by atoms with Crippen molar-refractivity contribution in [1.29, 1.82) is 0 Å². The van der Waals surface area contributed by atoms with E-state index in [2.05, 4.69) is 4.99 Å². The van der Waals surface area contributed by atoms with Gasteiger partial charge in [0.25, 0.3) is 5.56 Å². The van der Waals surface area contributed by atoms with Crippen LogP contribution in [-0.2, 0) is 9.53 Å². The maximum Gasteiger partial charge on any atom is 0.338 e. The maximum absolute atomic E-state index is 13.4. The predicted molar refractivity (Wildman–Crippen MR) is 113 cm³/mol. The number of hydrogen-bond acceptors (Lipinski definition) is 7. The van der Waals surface area contributed by atoms with Crippen molar-refractivity contribution >= 4 is 34.7 Å². The molecule has 0 saturated carbocycles. The first-order valence-corrected chi connectivity index (χ1v) is 10.5. The van der Waals surface area contributed by atoms with E-state index in [9.17, 15) is 9.59 Å². The number of aromatic nitrogens is 1. The second-order valence-corrected chi connectivity index (χ2v) is 8.32. The van der Waals surface area contributed by atoms with E-state index in [1.807, 2.05) is 41.8 Å². The van der Waals surface area contributed by atoms with E-state index in [-0.39, 0.29) is 5.56 Å². The molecule has 8 heteroatoms. The minimum absolute atomic E-state index is 0.202. The smallest absolute Gasteiger partial charge is 0.338 e. The molecule has 1 aliphatic heterocycles. The van der Waals surface area contributed by atoms with Crippen LogP contribution in [0.5, 0.6) is 5.75 Å². The van der Waals surface area contributed by atoms with Crippen molar-refractivity contribution in [2.75, 3.05) is 14.2 Å². The molecule has 3 aromatic rings. The molecule has 1 atom stereocenters. The highest BCUT2D eigenvalue weighted by molar-refractivity contribution is 7.10. The maximum atomic E-state index is 13.4. The summed E-state index contributed by atoms with van der Waals surface area (Å²) in [4.78, 5) is 31.8. The number of rotatable bonds is 4. The second-order valence-electron chi connectivity index (χ2n) is 6.33. The number of methoxy groups -OCH3 is 2. The summed E-state index contributed by atoms with van der Waals surface area (Å²) < 4.78 is 12.5. The van der Waals surface area contributed by atoms with E-state index in [1.54, 1.807) is 24.7 Å². The SMILES string of the molecule is COC(=O)C1=C(C)N=c2s/c(=C/c3ccccc3OC)c(=O)n2C1c1cccs1. The fraction of sp³-hybridized carbons (Fsp3) is 0.190. The summed E-state index contributed by atoms with van der Waals surface area (Å²) >= 11 is 2.78. The highest BCUT2D eigenvalue weighted by Crippen LogP contribution is 2.33. The Morgan fingerprint density at radius 3 is 2.69 bits per heavy atom. The van der Waals surface area contributed by atoms with E-state index in [0.717, 1.165) is 10.4 Å². The molecule has 0 spiro atoms. The number of ether oxygens (including phenoxy) is 2. The van der Waals surface area contributed by atoms with Gasteiger partial charge in [0, 0.05) is 10.4 Å². The molecule has 0 saturated heterocycles. The van der Waals surface area contributed by atoms with E-state index >= 15 is 0 Å². The van der Waals surface area contributed by atoms with Gasteiger partial charge in [-0.1, -0.05) is 35.6 Å². The van der Waals surface area contributed by atoms with Crippen molar-refractivity contribution in [2.24, 2.45) is 4.99 Å². The topological polar surface area (TPSA) is 69.9 Å². The van der Waals surface area contributed by atoms with Crippen molar-refractivity contribution in [3.8, 4) is 5.75 Å². The number of nitrogens with zero attached hydrogens (tertiary/aromatic N) is 2. The van der Waals surface area contributed by atoms with Gasteiger partial charge in [0.15, 0.2) is 4.80 Å². The summed E-state index contributed by atoms with van der Waals surface area (Å²) in [5.41, 5.74) is 1.54. The molecule has 0 N–H and O–H groups in total. The normalized spacial score (nSPS) is 16.4. The average molecular weight is 427 g/mol. The average Bonchev–Trinajstić information content (AvgIpc) is 3.36. The molecule has 0 amide bonds. The third kappa shape index (κ3) is 3.34. The quantitative estimate of drug-likeness (QED) is 0.601. The van der Waals surface area contributed by atoms with Crippen molar-refractivity contribution < 1.29 is 14.3 Å². The van der Waals surface area contributed by atoms with Crippen molar-refractivity contribution in [1.82, 2.24) is 4.57 Å². The summed E-state index contributed by atoms with van der Waals surface area (Å²) in [5.74, 6) is 0.197. The van der Waals surface area contributed by atoms with Gasteiger partial charge >= 0.3 is 5.97 Å². The minimum atomic E-state index is -0.557. The molecule has 6 nitrogen and oxygen atoms in total. The molecular formula is C21H18N2O4S2. The van der Waals surface area contributed by atoms with Crippen molar-refractivity contribution in [2.45, 2.75) is 13.0 Å². The summed E-state index contributed by atoms with van der Waals surface area (Å²) in [6.07, 6.45) is 1.80. The first-order chi connectivity index (χ1) is 14.0. The Morgan fingerprint density at radius 2 is 2.00 bits per heavy atom.